The van der Waals surface area contributed by atoms with Crippen molar-refractivity contribution in [2.45, 2.75) is 75.3 Å². The molecule has 1 unspecified atom stereocenters. The molecule has 0 aromatic rings. The van der Waals surface area contributed by atoms with Crippen LogP contribution in [0.2, 0.25) is 0 Å². The maximum atomic E-state index is 13.6. The normalized spacial score (nSPS) is 15.8. The summed E-state index contributed by atoms with van der Waals surface area (Å²) >= 11 is 0. The van der Waals surface area contributed by atoms with Gasteiger partial charge in [-0.25, -0.2) is 0 Å². The van der Waals surface area contributed by atoms with Crippen molar-refractivity contribution < 1.29 is 61.9 Å². The molecule has 0 spiro atoms. The quantitative estimate of drug-likeness (QED) is 0.362. The molecule has 1 atom stereocenters. The van der Waals surface area contributed by atoms with E-state index in [9.17, 15) is 61.9 Å². The van der Waals surface area contributed by atoms with Crippen LogP contribution in [0, 0.1) is 5.92 Å². The number of alkyl halides is 13. The number of rotatable bonds is 11. The fraction of sp³-hybridized carbons (Fsp3) is 0.933. The van der Waals surface area contributed by atoms with Gasteiger partial charge in [0, 0.05) is 6.54 Å². The van der Waals surface area contributed by atoms with Gasteiger partial charge in [0.2, 0.25) is 0 Å². The summed E-state index contributed by atoms with van der Waals surface area (Å²) in [5, 5.41) is 1.12. The third-order valence-electron chi connectivity index (χ3n) is 4.31. The number of hydrogen-bond donors (Lipinski definition) is 1. The first-order chi connectivity index (χ1) is 13.2. The molecule has 2 nitrogen and oxygen atoms in total. The molecule has 0 rings (SSSR count). The summed E-state index contributed by atoms with van der Waals surface area (Å²) in [6.45, 7) is 2.44. The van der Waals surface area contributed by atoms with E-state index in [0.717, 1.165) is 5.32 Å². The molecule has 0 saturated heterocycles. The third-order valence-corrected chi connectivity index (χ3v) is 4.31. The van der Waals surface area contributed by atoms with Gasteiger partial charge < -0.3 is 5.32 Å². The third kappa shape index (κ3) is 4.73. The zero-order chi connectivity index (χ0) is 24.4. The Labute approximate surface area is 162 Å². The standard InChI is InChI=1S/C15H18F13NO/c1-3-5-6-8(4-2)7-29-9(30)10(16,17)11(18,19)12(20,21)13(22,23)14(24,25)15(26,27)28/h8H,3-7H2,1-2H3,(H,29,30). The summed E-state index contributed by atoms with van der Waals surface area (Å²) < 4.78 is 169. The molecule has 0 fully saturated rings. The number of hydrogen-bond acceptors (Lipinski definition) is 1. The van der Waals surface area contributed by atoms with E-state index in [1.54, 1.807) is 6.92 Å². The average molecular weight is 475 g/mol. The summed E-state index contributed by atoms with van der Waals surface area (Å²) in [6.07, 6.45) is -5.90. The maximum Gasteiger partial charge on any atom is 0.460 e. The van der Waals surface area contributed by atoms with Gasteiger partial charge in [-0.2, -0.15) is 57.1 Å². The van der Waals surface area contributed by atoms with E-state index in [1.165, 1.54) is 6.92 Å². The molecule has 0 aromatic carbocycles. The van der Waals surface area contributed by atoms with Gasteiger partial charge in [0.25, 0.3) is 5.91 Å². The summed E-state index contributed by atoms with van der Waals surface area (Å²) in [5.41, 5.74) is 0. The first-order valence-corrected chi connectivity index (χ1v) is 8.40. The van der Waals surface area contributed by atoms with Crippen LogP contribution < -0.4 is 5.32 Å². The molecule has 0 aliphatic heterocycles. The van der Waals surface area contributed by atoms with E-state index in [1.807, 2.05) is 0 Å². The Morgan fingerprint density at radius 3 is 1.53 bits per heavy atom. The number of carbonyl (C=O) groups excluding carboxylic acids is 1. The molecule has 1 N–H and O–H groups in total. The van der Waals surface area contributed by atoms with Crippen LogP contribution in [0.3, 0.4) is 0 Å². The summed E-state index contributed by atoms with van der Waals surface area (Å²) in [4.78, 5) is 11.3. The molecular weight excluding hydrogens is 457 g/mol. The monoisotopic (exact) mass is 475 g/mol. The highest BCUT2D eigenvalue weighted by Gasteiger charge is 2.91. The highest BCUT2D eigenvalue weighted by Crippen LogP contribution is 2.60. The highest BCUT2D eigenvalue weighted by atomic mass is 19.4. The fourth-order valence-corrected chi connectivity index (χ4v) is 2.20. The minimum Gasteiger partial charge on any atom is -0.350 e. The number of unbranched alkanes of at least 4 members (excludes halogenated alkanes) is 1. The van der Waals surface area contributed by atoms with Gasteiger partial charge in [-0.15, -0.1) is 0 Å². The van der Waals surface area contributed by atoms with Gasteiger partial charge in [0.15, 0.2) is 0 Å². The van der Waals surface area contributed by atoms with Gasteiger partial charge in [0.1, 0.15) is 0 Å². The van der Waals surface area contributed by atoms with Crippen LogP contribution in [0.1, 0.15) is 39.5 Å². The van der Waals surface area contributed by atoms with Crippen molar-refractivity contribution in [1.29, 1.82) is 0 Å². The molecular formula is C15H18F13NO. The van der Waals surface area contributed by atoms with Crippen LogP contribution in [-0.4, -0.2) is 48.2 Å². The Bertz CT molecular complexity index is 586. The van der Waals surface area contributed by atoms with E-state index in [4.69, 9.17) is 0 Å². The summed E-state index contributed by atoms with van der Waals surface area (Å²) in [5.74, 6) is -42.0. The lowest BCUT2D eigenvalue weighted by molar-refractivity contribution is -0.436. The molecule has 1 amide bonds. The van der Waals surface area contributed by atoms with Gasteiger partial charge in [0.05, 0.1) is 0 Å². The van der Waals surface area contributed by atoms with Crippen LogP contribution in [-0.2, 0) is 4.79 Å². The Hall–Kier alpha value is -1.44. The molecule has 0 aliphatic rings. The number of nitrogens with one attached hydrogen (secondary N) is 1. The van der Waals surface area contributed by atoms with Crippen molar-refractivity contribution in [2.24, 2.45) is 5.92 Å². The fourth-order valence-electron chi connectivity index (χ4n) is 2.20. The first kappa shape index (κ1) is 28.6. The first-order valence-electron chi connectivity index (χ1n) is 8.40. The Balaban J connectivity index is 5.87. The smallest absolute Gasteiger partial charge is 0.350 e. The number of halogens is 13. The van der Waals surface area contributed by atoms with Crippen LogP contribution in [0.5, 0.6) is 0 Å². The zero-order valence-electron chi connectivity index (χ0n) is 15.4. The predicted molar refractivity (Wildman–Crippen MR) is 77.1 cm³/mol. The number of amides is 1. The van der Waals surface area contributed by atoms with Crippen LogP contribution >= 0.6 is 0 Å². The Morgan fingerprint density at radius 1 is 0.733 bits per heavy atom. The lowest BCUT2D eigenvalue weighted by Gasteiger charge is -2.39. The van der Waals surface area contributed by atoms with Gasteiger partial charge >= 0.3 is 35.8 Å². The summed E-state index contributed by atoms with van der Waals surface area (Å²) in [7, 11) is 0. The molecule has 0 heterocycles. The van der Waals surface area contributed by atoms with Crippen molar-refractivity contribution >= 4 is 5.91 Å². The second-order valence-corrected chi connectivity index (χ2v) is 6.50. The molecule has 0 radical (unpaired) electrons. The Morgan fingerprint density at radius 2 is 1.17 bits per heavy atom. The lowest BCUT2D eigenvalue weighted by Crippen LogP contribution is -2.72. The minimum absolute atomic E-state index is 0.203. The van der Waals surface area contributed by atoms with E-state index in [-0.39, 0.29) is 12.8 Å². The second kappa shape index (κ2) is 8.97. The number of carbonyl (C=O) groups is 1. The van der Waals surface area contributed by atoms with E-state index in [2.05, 4.69) is 0 Å². The minimum atomic E-state index is -8.02. The van der Waals surface area contributed by atoms with Crippen LogP contribution in [0.15, 0.2) is 0 Å². The lowest BCUT2D eigenvalue weighted by atomic mass is 9.93. The molecule has 180 valence electrons. The molecule has 0 aromatic heterocycles. The van der Waals surface area contributed by atoms with E-state index >= 15 is 0 Å². The average Bonchev–Trinajstić information content (AvgIpc) is 2.59. The van der Waals surface area contributed by atoms with Crippen molar-refractivity contribution in [3.05, 3.63) is 0 Å². The SMILES string of the molecule is CCCCC(CC)CNC(=O)C(F)(F)C(F)(F)C(F)(F)C(F)(F)C(F)(F)C(F)(F)F. The topological polar surface area (TPSA) is 29.1 Å². The molecule has 0 saturated carbocycles. The van der Waals surface area contributed by atoms with E-state index in [0.29, 0.717) is 12.8 Å². The van der Waals surface area contributed by atoms with Crippen LogP contribution in [0.4, 0.5) is 57.1 Å². The van der Waals surface area contributed by atoms with Crippen molar-refractivity contribution in [2.75, 3.05) is 6.54 Å². The zero-order valence-corrected chi connectivity index (χ0v) is 15.4. The molecule has 0 aliphatic carbocycles. The Kier molecular flexibility index (Phi) is 8.54. The maximum absolute atomic E-state index is 13.6. The summed E-state index contributed by atoms with van der Waals surface area (Å²) in [6, 6.07) is 0. The second-order valence-electron chi connectivity index (χ2n) is 6.50. The van der Waals surface area contributed by atoms with E-state index < -0.39 is 54.2 Å². The molecule has 15 heteroatoms. The highest BCUT2D eigenvalue weighted by molar-refractivity contribution is 5.84. The van der Waals surface area contributed by atoms with Gasteiger partial charge in [-0.3, -0.25) is 4.79 Å². The molecule has 0 bridgehead atoms. The predicted octanol–water partition coefficient (Wildman–Crippen LogP) is 6.06. The largest absolute Gasteiger partial charge is 0.460 e. The van der Waals surface area contributed by atoms with Crippen molar-refractivity contribution in [3.8, 4) is 0 Å². The van der Waals surface area contributed by atoms with Crippen LogP contribution in [0.25, 0.3) is 0 Å². The molecule has 30 heavy (non-hydrogen) atoms. The van der Waals surface area contributed by atoms with Crippen molar-refractivity contribution in [3.63, 3.8) is 0 Å². The van der Waals surface area contributed by atoms with Gasteiger partial charge in [-0.1, -0.05) is 33.1 Å². The van der Waals surface area contributed by atoms with Crippen molar-refractivity contribution in [1.82, 2.24) is 5.32 Å². The van der Waals surface area contributed by atoms with Gasteiger partial charge in [-0.05, 0) is 12.3 Å².